The highest BCUT2D eigenvalue weighted by Crippen LogP contribution is 2.23. The zero-order valence-corrected chi connectivity index (χ0v) is 17.9. The monoisotopic (exact) mass is 439 g/mol. The van der Waals surface area contributed by atoms with E-state index in [1.165, 1.54) is 6.07 Å². The van der Waals surface area contributed by atoms with Crippen molar-refractivity contribution in [3.8, 4) is 0 Å². The molecule has 0 spiro atoms. The van der Waals surface area contributed by atoms with Gasteiger partial charge < -0.3 is 14.1 Å². The Bertz CT molecular complexity index is 1180. The normalized spacial score (nSPS) is 14.6. The standard InChI is InChI=1S/C24H22ClNO5/c1-15-2-7-20-18(13-22(27)31-21(20)12-15)14-30-24(29)17-8-10-26(11-9-17)23(28)16-3-5-19(25)6-4-16/h2-7,12-13,17H,8-11,14H2,1H3. The number of hydrogen-bond acceptors (Lipinski definition) is 5. The number of amides is 1. The number of nitrogens with zero attached hydrogens (tertiary/aromatic N) is 1. The molecule has 160 valence electrons. The first-order chi connectivity index (χ1) is 14.9. The number of rotatable bonds is 4. The van der Waals surface area contributed by atoms with Gasteiger partial charge in [0.1, 0.15) is 12.2 Å². The van der Waals surface area contributed by atoms with Crippen molar-refractivity contribution in [3.63, 3.8) is 0 Å². The van der Waals surface area contributed by atoms with Gasteiger partial charge in [0.2, 0.25) is 0 Å². The first-order valence-electron chi connectivity index (χ1n) is 10.2. The predicted octanol–water partition coefficient (Wildman–Crippen LogP) is 4.35. The summed E-state index contributed by atoms with van der Waals surface area (Å²) in [7, 11) is 0. The molecule has 4 rings (SSSR count). The predicted molar refractivity (Wildman–Crippen MR) is 117 cm³/mol. The van der Waals surface area contributed by atoms with Crippen molar-refractivity contribution in [2.45, 2.75) is 26.4 Å². The highest BCUT2D eigenvalue weighted by molar-refractivity contribution is 6.30. The number of halogens is 1. The van der Waals surface area contributed by atoms with Gasteiger partial charge in [-0.3, -0.25) is 9.59 Å². The number of fused-ring (bicyclic) bond motifs is 1. The lowest BCUT2D eigenvalue weighted by Crippen LogP contribution is -2.40. The van der Waals surface area contributed by atoms with Gasteiger partial charge in [0.25, 0.3) is 5.91 Å². The van der Waals surface area contributed by atoms with Crippen molar-refractivity contribution in [1.29, 1.82) is 0 Å². The maximum absolute atomic E-state index is 12.6. The molecule has 31 heavy (non-hydrogen) atoms. The van der Waals surface area contributed by atoms with E-state index in [9.17, 15) is 14.4 Å². The third-order valence-electron chi connectivity index (χ3n) is 5.56. The van der Waals surface area contributed by atoms with E-state index < -0.39 is 5.63 Å². The first kappa shape index (κ1) is 21.1. The molecular weight excluding hydrogens is 418 g/mol. The quantitative estimate of drug-likeness (QED) is 0.446. The van der Waals surface area contributed by atoms with Crippen molar-refractivity contribution >= 4 is 34.4 Å². The Morgan fingerprint density at radius 3 is 2.52 bits per heavy atom. The van der Waals surface area contributed by atoms with Crippen LogP contribution in [0.3, 0.4) is 0 Å². The molecule has 3 aromatic rings. The lowest BCUT2D eigenvalue weighted by atomic mass is 9.96. The summed E-state index contributed by atoms with van der Waals surface area (Å²) in [5.74, 6) is -0.656. The molecule has 0 radical (unpaired) electrons. The molecule has 7 heteroatoms. The molecule has 1 aliphatic heterocycles. The lowest BCUT2D eigenvalue weighted by Gasteiger charge is -2.31. The lowest BCUT2D eigenvalue weighted by molar-refractivity contribution is -0.151. The Morgan fingerprint density at radius 1 is 1.10 bits per heavy atom. The van der Waals surface area contributed by atoms with Crippen LogP contribution in [0.15, 0.2) is 57.7 Å². The van der Waals surface area contributed by atoms with E-state index in [-0.39, 0.29) is 24.4 Å². The Kier molecular flexibility index (Phi) is 6.09. The summed E-state index contributed by atoms with van der Waals surface area (Å²) in [6.45, 7) is 2.89. The van der Waals surface area contributed by atoms with Gasteiger partial charge in [-0.05, 0) is 55.7 Å². The van der Waals surface area contributed by atoms with Crippen molar-refractivity contribution in [2.75, 3.05) is 13.1 Å². The summed E-state index contributed by atoms with van der Waals surface area (Å²) in [4.78, 5) is 38.8. The highest BCUT2D eigenvalue weighted by Gasteiger charge is 2.29. The fourth-order valence-corrected chi connectivity index (χ4v) is 3.94. The molecule has 1 amide bonds. The van der Waals surface area contributed by atoms with Crippen LogP contribution in [0.4, 0.5) is 0 Å². The molecular formula is C24H22ClNO5. The number of ether oxygens (including phenoxy) is 1. The summed E-state index contributed by atoms with van der Waals surface area (Å²) < 4.78 is 10.8. The van der Waals surface area contributed by atoms with Gasteiger partial charge in [0, 0.05) is 40.7 Å². The molecule has 0 N–H and O–H groups in total. The van der Waals surface area contributed by atoms with E-state index in [4.69, 9.17) is 20.8 Å². The van der Waals surface area contributed by atoms with Crippen LogP contribution in [0.1, 0.15) is 34.3 Å². The molecule has 1 fully saturated rings. The molecule has 0 unspecified atom stereocenters. The third-order valence-corrected chi connectivity index (χ3v) is 5.81. The van der Waals surface area contributed by atoms with Crippen molar-refractivity contribution < 1.29 is 18.7 Å². The van der Waals surface area contributed by atoms with Gasteiger partial charge in [-0.25, -0.2) is 4.79 Å². The van der Waals surface area contributed by atoms with Crippen LogP contribution in [0.25, 0.3) is 11.0 Å². The summed E-state index contributed by atoms with van der Waals surface area (Å²) >= 11 is 5.88. The van der Waals surface area contributed by atoms with Gasteiger partial charge >= 0.3 is 11.6 Å². The number of carbonyl (C=O) groups is 2. The average Bonchev–Trinajstić information content (AvgIpc) is 2.77. The van der Waals surface area contributed by atoms with E-state index in [0.29, 0.717) is 47.7 Å². The second kappa shape index (κ2) is 8.94. The van der Waals surface area contributed by atoms with Crippen LogP contribution in [0.5, 0.6) is 0 Å². The third kappa shape index (κ3) is 4.80. The van der Waals surface area contributed by atoms with Crippen LogP contribution in [-0.2, 0) is 16.1 Å². The number of piperidine rings is 1. The van der Waals surface area contributed by atoms with Crippen LogP contribution < -0.4 is 5.63 Å². The van der Waals surface area contributed by atoms with Gasteiger partial charge in [-0.2, -0.15) is 0 Å². The zero-order valence-electron chi connectivity index (χ0n) is 17.1. The SMILES string of the molecule is Cc1ccc2c(COC(=O)C3CCN(C(=O)c4ccc(Cl)cc4)CC3)cc(=O)oc2c1. The zero-order chi connectivity index (χ0) is 22.0. The Morgan fingerprint density at radius 2 is 1.81 bits per heavy atom. The number of esters is 1. The molecule has 2 aromatic carbocycles. The summed E-state index contributed by atoms with van der Waals surface area (Å²) in [5.41, 5.74) is 2.18. The molecule has 1 aliphatic rings. The van der Waals surface area contributed by atoms with Crippen molar-refractivity contribution in [2.24, 2.45) is 5.92 Å². The van der Waals surface area contributed by atoms with Crippen molar-refractivity contribution in [1.82, 2.24) is 4.90 Å². The molecule has 6 nitrogen and oxygen atoms in total. The summed E-state index contributed by atoms with van der Waals surface area (Å²) in [6.07, 6.45) is 1.07. The minimum Gasteiger partial charge on any atom is -0.461 e. The number of aryl methyl sites for hydroxylation is 1. The Balaban J connectivity index is 1.36. The van der Waals surface area contributed by atoms with E-state index in [1.54, 1.807) is 35.2 Å². The minimum absolute atomic E-state index is 0.00785. The summed E-state index contributed by atoms with van der Waals surface area (Å²) in [6, 6.07) is 13.7. The molecule has 0 bridgehead atoms. The molecule has 1 saturated heterocycles. The van der Waals surface area contributed by atoms with Crippen LogP contribution >= 0.6 is 11.6 Å². The maximum atomic E-state index is 12.6. The van der Waals surface area contributed by atoms with Crippen LogP contribution in [-0.4, -0.2) is 29.9 Å². The van der Waals surface area contributed by atoms with Crippen LogP contribution in [0.2, 0.25) is 5.02 Å². The maximum Gasteiger partial charge on any atom is 0.336 e. The molecule has 2 heterocycles. The van der Waals surface area contributed by atoms with Gasteiger partial charge in [0.05, 0.1) is 5.92 Å². The average molecular weight is 440 g/mol. The fourth-order valence-electron chi connectivity index (χ4n) is 3.82. The number of likely N-dealkylation sites (tertiary alicyclic amines) is 1. The molecule has 0 atom stereocenters. The number of carbonyl (C=O) groups excluding carboxylic acids is 2. The second-order valence-corrected chi connectivity index (χ2v) is 8.21. The van der Waals surface area contributed by atoms with E-state index in [0.717, 1.165) is 10.9 Å². The van der Waals surface area contributed by atoms with Crippen LogP contribution in [0, 0.1) is 12.8 Å². The number of hydrogen-bond donors (Lipinski definition) is 0. The van der Waals surface area contributed by atoms with Crippen molar-refractivity contribution in [3.05, 3.63) is 80.7 Å². The topological polar surface area (TPSA) is 76.8 Å². The summed E-state index contributed by atoms with van der Waals surface area (Å²) in [5, 5.41) is 1.33. The minimum atomic E-state index is -0.474. The largest absolute Gasteiger partial charge is 0.461 e. The smallest absolute Gasteiger partial charge is 0.336 e. The fraction of sp³-hybridized carbons (Fsp3) is 0.292. The Labute approximate surface area is 184 Å². The van der Waals surface area contributed by atoms with E-state index in [1.807, 2.05) is 19.1 Å². The first-order valence-corrected chi connectivity index (χ1v) is 10.5. The number of benzene rings is 2. The molecule has 0 aliphatic carbocycles. The highest BCUT2D eigenvalue weighted by atomic mass is 35.5. The van der Waals surface area contributed by atoms with E-state index >= 15 is 0 Å². The van der Waals surface area contributed by atoms with E-state index in [2.05, 4.69) is 0 Å². The van der Waals surface area contributed by atoms with Gasteiger partial charge in [0.15, 0.2) is 0 Å². The van der Waals surface area contributed by atoms with Gasteiger partial charge in [-0.15, -0.1) is 0 Å². The second-order valence-electron chi connectivity index (χ2n) is 7.77. The molecule has 1 aromatic heterocycles. The Hall–Kier alpha value is -3.12. The molecule has 0 saturated carbocycles. The van der Waals surface area contributed by atoms with Gasteiger partial charge in [-0.1, -0.05) is 23.7 Å².